The molecule has 2 rings (SSSR count). The standard InChI is InChI=1S/C14H18N2O3/c1-3-4-14-15-13(16-19-14)9-18-12-7-5-11(6-8-12)10(2)17/h5-8,10,17H,3-4,9H2,1-2H3/t10-/m0/s1. The third-order valence-electron chi connectivity index (χ3n) is 2.70. The van der Waals surface area contributed by atoms with E-state index in [2.05, 4.69) is 17.1 Å². The van der Waals surface area contributed by atoms with E-state index < -0.39 is 6.10 Å². The topological polar surface area (TPSA) is 68.4 Å². The summed E-state index contributed by atoms with van der Waals surface area (Å²) in [6.07, 6.45) is 1.29. The first-order valence-corrected chi connectivity index (χ1v) is 6.41. The second kappa shape index (κ2) is 6.33. The van der Waals surface area contributed by atoms with Gasteiger partial charge in [0.2, 0.25) is 11.7 Å². The molecule has 0 amide bonds. The zero-order valence-electron chi connectivity index (χ0n) is 11.2. The third-order valence-corrected chi connectivity index (χ3v) is 2.70. The fourth-order valence-electron chi connectivity index (χ4n) is 1.65. The van der Waals surface area contributed by atoms with Crippen LogP contribution < -0.4 is 4.74 Å². The molecule has 0 saturated heterocycles. The SMILES string of the molecule is CCCc1nc(COc2ccc([C@H](C)O)cc2)no1. The van der Waals surface area contributed by atoms with Gasteiger partial charge < -0.3 is 14.4 Å². The Morgan fingerprint density at radius 2 is 2.05 bits per heavy atom. The van der Waals surface area contributed by atoms with Crippen LogP contribution in [0, 0.1) is 0 Å². The first kappa shape index (κ1) is 13.5. The molecule has 0 fully saturated rings. The first-order chi connectivity index (χ1) is 9.19. The van der Waals surface area contributed by atoms with Gasteiger partial charge in [-0.05, 0) is 31.0 Å². The van der Waals surface area contributed by atoms with E-state index in [1.165, 1.54) is 0 Å². The highest BCUT2D eigenvalue weighted by Crippen LogP contribution is 2.17. The lowest BCUT2D eigenvalue weighted by Gasteiger charge is -2.06. The van der Waals surface area contributed by atoms with Gasteiger partial charge in [-0.25, -0.2) is 0 Å². The van der Waals surface area contributed by atoms with Crippen LogP contribution >= 0.6 is 0 Å². The van der Waals surface area contributed by atoms with Gasteiger partial charge in [-0.15, -0.1) is 0 Å². The number of aliphatic hydroxyl groups is 1. The maximum atomic E-state index is 9.40. The fraction of sp³-hybridized carbons (Fsp3) is 0.429. The molecule has 0 bridgehead atoms. The summed E-state index contributed by atoms with van der Waals surface area (Å²) in [4.78, 5) is 4.22. The second-order valence-corrected chi connectivity index (χ2v) is 4.39. The monoisotopic (exact) mass is 262 g/mol. The summed E-state index contributed by atoms with van der Waals surface area (Å²) in [6, 6.07) is 7.29. The minimum absolute atomic E-state index is 0.279. The number of hydrogen-bond donors (Lipinski definition) is 1. The molecule has 2 aromatic rings. The molecule has 1 aromatic carbocycles. The van der Waals surface area contributed by atoms with E-state index in [4.69, 9.17) is 9.26 Å². The van der Waals surface area contributed by atoms with Crippen molar-refractivity contribution >= 4 is 0 Å². The molecule has 5 nitrogen and oxygen atoms in total. The Labute approximate surface area is 112 Å². The van der Waals surface area contributed by atoms with Crippen LogP contribution in [0.3, 0.4) is 0 Å². The lowest BCUT2D eigenvalue weighted by atomic mass is 10.1. The van der Waals surface area contributed by atoms with Crippen molar-refractivity contribution in [3.05, 3.63) is 41.5 Å². The molecule has 5 heteroatoms. The van der Waals surface area contributed by atoms with E-state index in [0.29, 0.717) is 17.5 Å². The van der Waals surface area contributed by atoms with Crippen LogP contribution in [0.4, 0.5) is 0 Å². The molecular formula is C14H18N2O3. The van der Waals surface area contributed by atoms with E-state index >= 15 is 0 Å². The van der Waals surface area contributed by atoms with Crippen molar-refractivity contribution < 1.29 is 14.4 Å². The predicted molar refractivity (Wildman–Crippen MR) is 69.7 cm³/mol. The number of rotatable bonds is 6. The molecule has 1 aromatic heterocycles. The lowest BCUT2D eigenvalue weighted by molar-refractivity contribution is 0.199. The summed E-state index contributed by atoms with van der Waals surface area (Å²) in [5, 5.41) is 13.2. The number of aliphatic hydroxyl groups excluding tert-OH is 1. The molecule has 0 unspecified atom stereocenters. The number of aryl methyl sites for hydroxylation is 1. The van der Waals surface area contributed by atoms with Crippen molar-refractivity contribution in [2.75, 3.05) is 0 Å². The van der Waals surface area contributed by atoms with E-state index in [1.807, 2.05) is 24.3 Å². The summed E-state index contributed by atoms with van der Waals surface area (Å²) in [6.45, 7) is 4.07. The predicted octanol–water partition coefficient (Wildman–Crippen LogP) is 2.65. The lowest BCUT2D eigenvalue weighted by Crippen LogP contribution is -1.98. The van der Waals surface area contributed by atoms with E-state index in [1.54, 1.807) is 6.92 Å². The molecular weight excluding hydrogens is 244 g/mol. The zero-order valence-corrected chi connectivity index (χ0v) is 11.2. The molecule has 19 heavy (non-hydrogen) atoms. The number of benzene rings is 1. The smallest absolute Gasteiger partial charge is 0.226 e. The van der Waals surface area contributed by atoms with Crippen molar-refractivity contribution in [1.82, 2.24) is 10.1 Å². The minimum Gasteiger partial charge on any atom is -0.485 e. The number of hydrogen-bond acceptors (Lipinski definition) is 5. The molecule has 0 spiro atoms. The molecule has 0 aliphatic heterocycles. The van der Waals surface area contributed by atoms with Crippen molar-refractivity contribution in [2.24, 2.45) is 0 Å². The summed E-state index contributed by atoms with van der Waals surface area (Å²) < 4.78 is 10.6. The van der Waals surface area contributed by atoms with E-state index in [0.717, 1.165) is 18.4 Å². The van der Waals surface area contributed by atoms with Crippen molar-refractivity contribution in [1.29, 1.82) is 0 Å². The largest absolute Gasteiger partial charge is 0.485 e. The van der Waals surface area contributed by atoms with Crippen molar-refractivity contribution in [3.63, 3.8) is 0 Å². The van der Waals surface area contributed by atoms with Gasteiger partial charge >= 0.3 is 0 Å². The van der Waals surface area contributed by atoms with Gasteiger partial charge in [-0.1, -0.05) is 24.2 Å². The summed E-state index contributed by atoms with van der Waals surface area (Å²) >= 11 is 0. The Bertz CT molecular complexity index is 506. The zero-order chi connectivity index (χ0) is 13.7. The van der Waals surface area contributed by atoms with Crippen molar-refractivity contribution in [2.45, 2.75) is 39.4 Å². The van der Waals surface area contributed by atoms with Crippen LogP contribution in [-0.2, 0) is 13.0 Å². The van der Waals surface area contributed by atoms with E-state index in [-0.39, 0.29) is 6.61 Å². The van der Waals surface area contributed by atoms with Crippen molar-refractivity contribution in [3.8, 4) is 5.75 Å². The van der Waals surface area contributed by atoms with Crippen LogP contribution in [0.5, 0.6) is 5.75 Å². The quantitative estimate of drug-likeness (QED) is 0.866. The fourth-order valence-corrected chi connectivity index (χ4v) is 1.65. The highest BCUT2D eigenvalue weighted by atomic mass is 16.5. The Kier molecular flexibility index (Phi) is 4.52. The third kappa shape index (κ3) is 3.79. The molecule has 102 valence electrons. The van der Waals surface area contributed by atoms with E-state index in [9.17, 15) is 5.11 Å². The molecule has 1 heterocycles. The minimum atomic E-state index is -0.470. The summed E-state index contributed by atoms with van der Waals surface area (Å²) in [5.74, 6) is 1.90. The summed E-state index contributed by atoms with van der Waals surface area (Å²) in [5.41, 5.74) is 0.858. The Hall–Kier alpha value is -1.88. The molecule has 1 atom stereocenters. The van der Waals surface area contributed by atoms with Crippen LogP contribution in [0.15, 0.2) is 28.8 Å². The van der Waals surface area contributed by atoms with Crippen LogP contribution in [-0.4, -0.2) is 15.2 Å². The molecule has 0 aliphatic carbocycles. The molecule has 0 saturated carbocycles. The van der Waals surface area contributed by atoms with Gasteiger partial charge in [0.1, 0.15) is 5.75 Å². The van der Waals surface area contributed by atoms with Gasteiger partial charge in [0, 0.05) is 6.42 Å². The van der Waals surface area contributed by atoms with Gasteiger partial charge in [-0.3, -0.25) is 0 Å². The van der Waals surface area contributed by atoms with Gasteiger partial charge in [0.05, 0.1) is 6.10 Å². The number of nitrogens with zero attached hydrogens (tertiary/aromatic N) is 2. The Balaban J connectivity index is 1.90. The average molecular weight is 262 g/mol. The highest BCUT2D eigenvalue weighted by molar-refractivity contribution is 5.28. The maximum Gasteiger partial charge on any atom is 0.226 e. The highest BCUT2D eigenvalue weighted by Gasteiger charge is 2.06. The second-order valence-electron chi connectivity index (χ2n) is 4.39. The Morgan fingerprint density at radius 3 is 2.68 bits per heavy atom. The maximum absolute atomic E-state index is 9.40. The molecule has 0 radical (unpaired) electrons. The Morgan fingerprint density at radius 1 is 1.32 bits per heavy atom. The summed E-state index contributed by atoms with van der Waals surface area (Å²) in [7, 11) is 0. The number of aromatic nitrogens is 2. The van der Waals surface area contributed by atoms with Crippen LogP contribution in [0.2, 0.25) is 0 Å². The number of ether oxygens (including phenoxy) is 1. The molecule has 1 N–H and O–H groups in total. The van der Waals surface area contributed by atoms with Crippen LogP contribution in [0.1, 0.15) is 43.7 Å². The first-order valence-electron chi connectivity index (χ1n) is 6.41. The average Bonchev–Trinajstić information content (AvgIpc) is 2.85. The van der Waals surface area contributed by atoms with Gasteiger partial charge in [-0.2, -0.15) is 4.98 Å². The van der Waals surface area contributed by atoms with Gasteiger partial charge in [0.15, 0.2) is 6.61 Å². The van der Waals surface area contributed by atoms with Gasteiger partial charge in [0.25, 0.3) is 0 Å². The molecule has 0 aliphatic rings. The normalized spacial score (nSPS) is 12.4. The van der Waals surface area contributed by atoms with Crippen LogP contribution in [0.25, 0.3) is 0 Å².